The fraction of sp³-hybridized carbons (Fsp3) is 0.778. The largest absolute Gasteiger partial charge is 0.380 e. The van der Waals surface area contributed by atoms with Gasteiger partial charge in [-0.1, -0.05) is 0 Å². The number of rotatable bonds is 2. The number of likely N-dealkylation sites (tertiary alicyclic amines) is 1. The molecular weight excluding hydrogens is 184 g/mol. The van der Waals surface area contributed by atoms with E-state index in [1.807, 2.05) is 0 Å². The summed E-state index contributed by atoms with van der Waals surface area (Å²) in [6.07, 6.45) is 2.42. The highest BCUT2D eigenvalue weighted by atomic mass is 16.3. The maximum absolute atomic E-state index is 11.7. The van der Waals surface area contributed by atoms with E-state index in [-0.39, 0.29) is 5.91 Å². The van der Waals surface area contributed by atoms with Crippen molar-refractivity contribution in [1.29, 1.82) is 0 Å². The molecule has 2 fully saturated rings. The van der Waals surface area contributed by atoms with Crippen LogP contribution in [0.5, 0.6) is 0 Å². The molecule has 2 rings (SSSR count). The molecule has 78 valence electrons. The fourth-order valence-electron chi connectivity index (χ4n) is 1.91. The van der Waals surface area contributed by atoms with Gasteiger partial charge in [-0.05, 0) is 25.7 Å². The molecule has 3 N–H and O–H groups in total. The molecule has 1 saturated carbocycles. The highest BCUT2D eigenvalue weighted by Gasteiger charge is 2.52. The zero-order valence-electron chi connectivity index (χ0n) is 7.90. The molecule has 5 nitrogen and oxygen atoms in total. The van der Waals surface area contributed by atoms with Crippen LogP contribution >= 0.6 is 0 Å². The fourth-order valence-corrected chi connectivity index (χ4v) is 1.91. The van der Waals surface area contributed by atoms with Crippen molar-refractivity contribution in [3.8, 4) is 0 Å². The van der Waals surface area contributed by atoms with Gasteiger partial charge in [0.25, 0.3) is 5.91 Å². The summed E-state index contributed by atoms with van der Waals surface area (Å²) in [4.78, 5) is 24.1. The van der Waals surface area contributed by atoms with Gasteiger partial charge in [0, 0.05) is 6.54 Å². The number of carbonyl (C=O) groups is 2. The van der Waals surface area contributed by atoms with Crippen molar-refractivity contribution in [1.82, 2.24) is 4.90 Å². The molecule has 14 heavy (non-hydrogen) atoms. The lowest BCUT2D eigenvalue weighted by atomic mass is 10.2. The van der Waals surface area contributed by atoms with Gasteiger partial charge in [0.05, 0.1) is 0 Å². The van der Waals surface area contributed by atoms with Gasteiger partial charge in [0.1, 0.15) is 11.6 Å². The quantitative estimate of drug-likeness (QED) is 0.596. The number of hydrogen-bond donors (Lipinski definition) is 2. The molecule has 0 aromatic heterocycles. The van der Waals surface area contributed by atoms with E-state index in [9.17, 15) is 14.7 Å². The van der Waals surface area contributed by atoms with Crippen LogP contribution in [-0.2, 0) is 9.59 Å². The first-order valence-corrected chi connectivity index (χ1v) is 4.87. The van der Waals surface area contributed by atoms with Crippen LogP contribution in [0, 0.1) is 0 Å². The third kappa shape index (κ3) is 1.37. The Balaban J connectivity index is 2.09. The second-order valence-electron chi connectivity index (χ2n) is 4.09. The zero-order chi connectivity index (χ0) is 10.3. The van der Waals surface area contributed by atoms with E-state index in [1.165, 1.54) is 4.90 Å². The minimum absolute atomic E-state index is 0.321. The maximum Gasteiger partial charge on any atom is 0.255 e. The lowest BCUT2D eigenvalue weighted by molar-refractivity contribution is -0.146. The molecule has 2 amide bonds. The van der Waals surface area contributed by atoms with Gasteiger partial charge in [-0.15, -0.1) is 0 Å². The first kappa shape index (κ1) is 9.45. The van der Waals surface area contributed by atoms with Crippen molar-refractivity contribution in [2.75, 3.05) is 6.54 Å². The number of carbonyl (C=O) groups excluding carboxylic acids is 2. The van der Waals surface area contributed by atoms with Gasteiger partial charge in [-0.3, -0.25) is 9.59 Å². The van der Waals surface area contributed by atoms with Crippen LogP contribution in [0.3, 0.4) is 0 Å². The minimum atomic E-state index is -1.18. The molecule has 1 heterocycles. The van der Waals surface area contributed by atoms with Crippen LogP contribution < -0.4 is 5.73 Å². The summed E-state index contributed by atoms with van der Waals surface area (Å²) in [5.74, 6) is -0.793. The minimum Gasteiger partial charge on any atom is -0.380 e. The Bertz CT molecular complexity index is 286. The molecule has 0 unspecified atom stereocenters. The first-order valence-electron chi connectivity index (χ1n) is 4.87. The summed E-state index contributed by atoms with van der Waals surface area (Å²) >= 11 is 0. The molecular formula is C9H14N2O3. The average molecular weight is 198 g/mol. The number of nitrogens with zero attached hydrogens (tertiary/aromatic N) is 1. The van der Waals surface area contributed by atoms with Gasteiger partial charge in [-0.2, -0.15) is 0 Å². The van der Waals surface area contributed by atoms with Crippen molar-refractivity contribution in [3.63, 3.8) is 0 Å². The molecule has 0 radical (unpaired) electrons. The van der Waals surface area contributed by atoms with E-state index in [0.29, 0.717) is 25.8 Å². The smallest absolute Gasteiger partial charge is 0.255 e. The van der Waals surface area contributed by atoms with Gasteiger partial charge >= 0.3 is 0 Å². The molecule has 1 aliphatic heterocycles. The molecule has 0 aromatic rings. The molecule has 5 heteroatoms. The Kier molecular flexibility index (Phi) is 1.99. The number of aliphatic hydroxyl groups is 1. The SMILES string of the molecule is NC(=O)[C@@H]1CCCN1C(=O)C1(O)CC1. The number of hydrogen-bond acceptors (Lipinski definition) is 3. The van der Waals surface area contributed by atoms with Gasteiger partial charge in [0.15, 0.2) is 0 Å². The summed E-state index contributed by atoms with van der Waals surface area (Å²) in [7, 11) is 0. The van der Waals surface area contributed by atoms with Crippen molar-refractivity contribution >= 4 is 11.8 Å². The van der Waals surface area contributed by atoms with Crippen LogP contribution in [0.25, 0.3) is 0 Å². The van der Waals surface area contributed by atoms with Gasteiger partial charge in [-0.25, -0.2) is 0 Å². The molecule has 0 spiro atoms. The Morgan fingerprint density at radius 1 is 1.43 bits per heavy atom. The van der Waals surface area contributed by atoms with Crippen LogP contribution in [0.2, 0.25) is 0 Å². The lowest BCUT2D eigenvalue weighted by Gasteiger charge is -2.24. The van der Waals surface area contributed by atoms with Crippen molar-refractivity contribution in [2.24, 2.45) is 5.73 Å². The van der Waals surface area contributed by atoms with E-state index in [1.54, 1.807) is 0 Å². The predicted molar refractivity (Wildman–Crippen MR) is 48.1 cm³/mol. The van der Waals surface area contributed by atoms with E-state index in [0.717, 1.165) is 6.42 Å². The molecule has 1 atom stereocenters. The molecule has 1 aliphatic carbocycles. The standard InChI is InChI=1S/C9H14N2O3/c10-7(12)6-2-1-5-11(6)8(13)9(14)3-4-9/h6,14H,1-5H2,(H2,10,12)/t6-/m0/s1. The van der Waals surface area contributed by atoms with E-state index in [4.69, 9.17) is 5.73 Å². The molecule has 1 saturated heterocycles. The summed E-state index contributed by atoms with van der Waals surface area (Å²) < 4.78 is 0. The number of primary amides is 1. The zero-order valence-corrected chi connectivity index (χ0v) is 7.90. The second kappa shape index (κ2) is 2.95. The number of nitrogens with two attached hydrogens (primary N) is 1. The summed E-state index contributed by atoms with van der Waals surface area (Å²) in [6.45, 7) is 0.536. The topological polar surface area (TPSA) is 83.6 Å². The van der Waals surface area contributed by atoms with Crippen molar-refractivity contribution in [2.45, 2.75) is 37.3 Å². The molecule has 0 aromatic carbocycles. The second-order valence-corrected chi connectivity index (χ2v) is 4.09. The summed E-state index contributed by atoms with van der Waals surface area (Å²) in [5.41, 5.74) is 3.99. The first-order chi connectivity index (χ1) is 6.54. The van der Waals surface area contributed by atoms with Gasteiger partial charge < -0.3 is 15.7 Å². The summed E-state index contributed by atoms with van der Waals surface area (Å²) in [6, 6.07) is -0.507. The molecule has 2 aliphatic rings. The maximum atomic E-state index is 11.7. The third-order valence-corrected chi connectivity index (χ3v) is 2.96. The lowest BCUT2D eigenvalue weighted by Crippen LogP contribution is -2.48. The van der Waals surface area contributed by atoms with E-state index < -0.39 is 17.6 Å². The monoisotopic (exact) mass is 198 g/mol. The highest BCUT2D eigenvalue weighted by molar-refractivity contribution is 5.93. The van der Waals surface area contributed by atoms with Crippen LogP contribution in [-0.4, -0.2) is 40.0 Å². The third-order valence-electron chi connectivity index (χ3n) is 2.96. The van der Waals surface area contributed by atoms with E-state index >= 15 is 0 Å². The van der Waals surface area contributed by atoms with Crippen LogP contribution in [0.4, 0.5) is 0 Å². The number of amides is 2. The van der Waals surface area contributed by atoms with Crippen LogP contribution in [0.1, 0.15) is 25.7 Å². The van der Waals surface area contributed by atoms with Crippen LogP contribution in [0.15, 0.2) is 0 Å². The Morgan fingerprint density at radius 2 is 2.07 bits per heavy atom. The van der Waals surface area contributed by atoms with Crippen molar-refractivity contribution < 1.29 is 14.7 Å². The van der Waals surface area contributed by atoms with Crippen molar-refractivity contribution in [3.05, 3.63) is 0 Å². The van der Waals surface area contributed by atoms with E-state index in [2.05, 4.69) is 0 Å². The van der Waals surface area contributed by atoms with Gasteiger partial charge in [0.2, 0.25) is 5.91 Å². The Morgan fingerprint density at radius 3 is 2.57 bits per heavy atom. The Hall–Kier alpha value is -1.10. The molecule has 0 bridgehead atoms. The normalized spacial score (nSPS) is 28.9. The average Bonchev–Trinajstić information content (AvgIpc) is 2.69. The predicted octanol–water partition coefficient (Wildman–Crippen LogP) is -1.01. The summed E-state index contributed by atoms with van der Waals surface area (Å²) in [5, 5.41) is 9.61. The highest BCUT2D eigenvalue weighted by Crippen LogP contribution is 2.38. The Labute approximate surface area is 81.9 Å².